The Labute approximate surface area is 275 Å². The average molecular weight is 653 g/mol. The van der Waals surface area contributed by atoms with Gasteiger partial charge in [-0.1, -0.05) is 150 Å². The summed E-state index contributed by atoms with van der Waals surface area (Å²) in [6.45, 7) is 28.5. The fraction of sp³-hybridized carbons (Fsp3) is 0.632. The van der Waals surface area contributed by atoms with Crippen LogP contribution >= 0.6 is 0 Å². The molecule has 44 heavy (non-hydrogen) atoms. The van der Waals surface area contributed by atoms with Gasteiger partial charge in [0.15, 0.2) is 8.32 Å². The highest BCUT2D eigenvalue weighted by Gasteiger charge is 2.50. The number of hydrogen-bond acceptors (Lipinski definition) is 3. The van der Waals surface area contributed by atoms with Gasteiger partial charge in [-0.2, -0.15) is 0 Å². The Kier molecular flexibility index (Phi) is 14.9. The molecule has 0 spiro atoms. The van der Waals surface area contributed by atoms with Crippen LogP contribution in [0.2, 0.25) is 39.8 Å². The topological polar surface area (TPSA) is 27.7 Å². The van der Waals surface area contributed by atoms with Crippen molar-refractivity contribution in [1.82, 2.24) is 0 Å². The van der Waals surface area contributed by atoms with Gasteiger partial charge in [0.1, 0.15) is 6.10 Å². The summed E-state index contributed by atoms with van der Waals surface area (Å²) in [7, 11) is -6.69. The molecule has 0 saturated heterocycles. The molecule has 0 N–H and O–H groups in total. The predicted molar refractivity (Wildman–Crippen MR) is 200 cm³/mol. The Bertz CT molecular complexity index is 1060. The Morgan fingerprint density at radius 1 is 0.705 bits per heavy atom. The van der Waals surface area contributed by atoms with Crippen LogP contribution in [0.1, 0.15) is 95.9 Å². The van der Waals surface area contributed by atoms with Gasteiger partial charge < -0.3 is 13.3 Å². The summed E-state index contributed by atoms with van der Waals surface area (Å²) in [6, 6.07) is 25.1. The second-order valence-electron chi connectivity index (χ2n) is 14.6. The highest BCUT2D eigenvalue weighted by molar-refractivity contribution is 6.99. The first-order chi connectivity index (χ1) is 20.7. The first kappa shape index (κ1) is 38.7. The summed E-state index contributed by atoms with van der Waals surface area (Å²) in [5.41, 5.74) is 1.43. The van der Waals surface area contributed by atoms with Gasteiger partial charge in [0.2, 0.25) is 8.32 Å². The maximum atomic E-state index is 7.33. The number of benzene rings is 2. The second-order valence-corrected chi connectivity index (χ2v) is 29.0. The first-order valence-corrected chi connectivity index (χ1v) is 23.8. The molecule has 0 amide bonds. The van der Waals surface area contributed by atoms with E-state index in [9.17, 15) is 0 Å². The molecule has 0 unspecified atom stereocenters. The van der Waals surface area contributed by atoms with E-state index >= 15 is 0 Å². The molecule has 2 atom stereocenters. The van der Waals surface area contributed by atoms with Crippen molar-refractivity contribution in [2.45, 2.75) is 148 Å². The smallest absolute Gasteiger partial charge is 0.261 e. The quantitative estimate of drug-likeness (QED) is 0.119. The maximum Gasteiger partial charge on any atom is 0.261 e. The van der Waals surface area contributed by atoms with Crippen LogP contribution in [-0.4, -0.2) is 43.8 Å². The predicted octanol–water partition coefficient (Wildman–Crippen LogP) is 9.93. The molecule has 0 heterocycles. The van der Waals surface area contributed by atoms with Crippen molar-refractivity contribution in [3.8, 4) is 12.3 Å². The van der Waals surface area contributed by atoms with E-state index in [0.29, 0.717) is 23.2 Å². The van der Waals surface area contributed by atoms with E-state index < -0.39 is 25.0 Å². The van der Waals surface area contributed by atoms with Crippen LogP contribution in [-0.2, 0) is 13.3 Å². The van der Waals surface area contributed by atoms with Crippen molar-refractivity contribution < 1.29 is 13.3 Å². The summed E-state index contributed by atoms with van der Waals surface area (Å²) in [5, 5.41) is 2.55. The molecular formula is C38H64O3Si3. The SMILES string of the molecule is C#C[C@@H](C[C@@H](CCO[Si](c1ccccc1)(c1ccccc1)C(C)(C)C)O[Si](CC)(CC)CC)O[Si](C(C)C)(C(C)C)C(C)C. The molecule has 0 saturated carbocycles. The fourth-order valence-electron chi connectivity index (χ4n) is 7.73. The Balaban J connectivity index is 2.50. The van der Waals surface area contributed by atoms with Crippen LogP contribution in [0.25, 0.3) is 0 Å². The van der Waals surface area contributed by atoms with Crippen LogP contribution in [0.15, 0.2) is 60.7 Å². The minimum Gasteiger partial charge on any atom is -0.414 e. The van der Waals surface area contributed by atoms with Gasteiger partial charge in [0, 0.05) is 13.0 Å². The van der Waals surface area contributed by atoms with Crippen molar-refractivity contribution in [2.75, 3.05) is 6.61 Å². The van der Waals surface area contributed by atoms with Crippen molar-refractivity contribution in [2.24, 2.45) is 0 Å². The highest BCUT2D eigenvalue weighted by atomic mass is 28.4. The van der Waals surface area contributed by atoms with Crippen LogP contribution in [0, 0.1) is 12.3 Å². The van der Waals surface area contributed by atoms with Gasteiger partial charge in [-0.15, -0.1) is 6.42 Å². The molecule has 0 aliphatic heterocycles. The molecule has 2 aromatic carbocycles. The minimum absolute atomic E-state index is 0.000955. The lowest BCUT2D eigenvalue weighted by atomic mass is 10.1. The van der Waals surface area contributed by atoms with Crippen LogP contribution in [0.5, 0.6) is 0 Å². The Morgan fingerprint density at radius 2 is 1.14 bits per heavy atom. The molecule has 0 aromatic heterocycles. The molecule has 0 fully saturated rings. The minimum atomic E-state index is -2.64. The lowest BCUT2D eigenvalue weighted by Crippen LogP contribution is -2.66. The largest absolute Gasteiger partial charge is 0.414 e. The molecule has 2 rings (SSSR count). The average Bonchev–Trinajstić information content (AvgIpc) is 2.99. The summed E-state index contributed by atoms with van der Waals surface area (Å²) >= 11 is 0. The highest BCUT2D eigenvalue weighted by Crippen LogP contribution is 2.44. The lowest BCUT2D eigenvalue weighted by Gasteiger charge is -2.45. The monoisotopic (exact) mass is 652 g/mol. The van der Waals surface area contributed by atoms with E-state index in [1.165, 1.54) is 10.4 Å². The molecule has 3 nitrogen and oxygen atoms in total. The summed E-state index contributed by atoms with van der Waals surface area (Å²) in [5.74, 6) is 3.09. The van der Waals surface area contributed by atoms with Gasteiger partial charge in [-0.25, -0.2) is 0 Å². The molecule has 0 aliphatic rings. The van der Waals surface area contributed by atoms with E-state index in [0.717, 1.165) is 31.0 Å². The third kappa shape index (κ3) is 8.66. The summed E-state index contributed by atoms with van der Waals surface area (Å²) in [4.78, 5) is 0. The van der Waals surface area contributed by atoms with Gasteiger partial charge in [-0.05, 0) is 56.6 Å². The van der Waals surface area contributed by atoms with Crippen LogP contribution in [0.3, 0.4) is 0 Å². The molecular weight excluding hydrogens is 589 g/mol. The zero-order valence-electron chi connectivity index (χ0n) is 30.2. The van der Waals surface area contributed by atoms with E-state index in [4.69, 9.17) is 19.7 Å². The van der Waals surface area contributed by atoms with Gasteiger partial charge in [0.05, 0.1) is 6.10 Å². The fourth-order valence-corrected chi connectivity index (χ4v) is 20.7. The van der Waals surface area contributed by atoms with Crippen molar-refractivity contribution in [3.63, 3.8) is 0 Å². The zero-order chi connectivity index (χ0) is 33.2. The first-order valence-electron chi connectivity index (χ1n) is 17.3. The number of terminal acetylenes is 1. The van der Waals surface area contributed by atoms with E-state index in [1.807, 2.05) is 0 Å². The van der Waals surface area contributed by atoms with Gasteiger partial charge >= 0.3 is 0 Å². The van der Waals surface area contributed by atoms with Crippen molar-refractivity contribution in [1.29, 1.82) is 0 Å². The Hall–Kier alpha value is -1.47. The van der Waals surface area contributed by atoms with Crippen LogP contribution in [0.4, 0.5) is 0 Å². The van der Waals surface area contributed by atoms with E-state index in [2.05, 4.69) is 150 Å². The van der Waals surface area contributed by atoms with Crippen molar-refractivity contribution in [3.05, 3.63) is 60.7 Å². The number of rotatable bonds is 18. The van der Waals surface area contributed by atoms with E-state index in [-0.39, 0.29) is 17.2 Å². The molecule has 246 valence electrons. The third-order valence-electron chi connectivity index (χ3n) is 10.2. The summed E-state index contributed by atoms with van der Waals surface area (Å²) in [6.07, 6.45) is 7.54. The standard InChI is InChI=1S/C38H64O3Si3/c1-14-34(41-43(31(5)6,32(7)8)33(9)10)30-35(40-42(15-2,16-3)17-4)28-29-39-44(38(11,12)13,36-24-20-18-21-25-36)37-26-22-19-23-27-37/h1,18-27,31-35H,15-17,28-30H2,2-13H3/t34-,35+/m0/s1. The summed E-state index contributed by atoms with van der Waals surface area (Å²) < 4.78 is 21.7. The maximum absolute atomic E-state index is 7.33. The zero-order valence-corrected chi connectivity index (χ0v) is 33.2. The van der Waals surface area contributed by atoms with Crippen LogP contribution < -0.4 is 10.4 Å². The lowest BCUT2D eigenvalue weighted by molar-refractivity contribution is 0.0978. The molecule has 6 heteroatoms. The molecule has 2 aromatic rings. The van der Waals surface area contributed by atoms with Gasteiger partial charge in [0.25, 0.3) is 8.32 Å². The molecule has 0 bridgehead atoms. The third-order valence-corrected chi connectivity index (χ3v) is 26.1. The molecule has 0 aliphatic carbocycles. The number of hydrogen-bond donors (Lipinski definition) is 0. The van der Waals surface area contributed by atoms with Gasteiger partial charge in [-0.3, -0.25) is 0 Å². The van der Waals surface area contributed by atoms with E-state index in [1.54, 1.807) is 0 Å². The second kappa shape index (κ2) is 16.9. The molecule has 0 radical (unpaired) electrons. The Morgan fingerprint density at radius 3 is 1.48 bits per heavy atom. The normalized spacial score (nSPS) is 14.7. The van der Waals surface area contributed by atoms with Crippen molar-refractivity contribution >= 4 is 35.3 Å².